The molecule has 0 bridgehead atoms. The van der Waals surface area contributed by atoms with Crippen molar-refractivity contribution in [3.05, 3.63) is 66.1 Å². The van der Waals surface area contributed by atoms with Gasteiger partial charge in [-0.3, -0.25) is 10.2 Å². The van der Waals surface area contributed by atoms with Gasteiger partial charge in [-0.15, -0.1) is 0 Å². The fourth-order valence-electron chi connectivity index (χ4n) is 2.68. The predicted molar refractivity (Wildman–Crippen MR) is 102 cm³/mol. The van der Waals surface area contributed by atoms with Crippen LogP contribution in [0.3, 0.4) is 0 Å². The van der Waals surface area contributed by atoms with E-state index in [0.29, 0.717) is 22.9 Å². The van der Waals surface area contributed by atoms with Crippen molar-refractivity contribution in [3.63, 3.8) is 0 Å². The molecule has 144 valence electrons. The molecule has 8 nitrogen and oxygen atoms in total. The number of furan rings is 1. The highest BCUT2D eigenvalue weighted by atomic mass is 16.7. The van der Waals surface area contributed by atoms with Crippen molar-refractivity contribution >= 4 is 28.5 Å². The number of hydrogen-bond donors (Lipinski definition) is 3. The second kappa shape index (κ2) is 8.26. The summed E-state index contributed by atoms with van der Waals surface area (Å²) in [5, 5.41) is 8.78. The lowest BCUT2D eigenvalue weighted by atomic mass is 10.0. The SMILES string of the molecule is CCC(Oc1ccccc1)C(=O)ONC(=O)c1c(C(=N)N)ccc2cocc12. The summed E-state index contributed by atoms with van der Waals surface area (Å²) < 4.78 is 10.7. The zero-order valence-electron chi connectivity index (χ0n) is 15.1. The smallest absolute Gasteiger partial charge is 0.372 e. The number of amidine groups is 1. The van der Waals surface area contributed by atoms with Crippen LogP contribution >= 0.6 is 0 Å². The fourth-order valence-corrected chi connectivity index (χ4v) is 2.68. The van der Waals surface area contributed by atoms with Crippen molar-refractivity contribution in [1.82, 2.24) is 5.48 Å². The molecule has 0 aliphatic heterocycles. The van der Waals surface area contributed by atoms with Gasteiger partial charge in [0.2, 0.25) is 0 Å². The van der Waals surface area contributed by atoms with Crippen molar-refractivity contribution in [2.75, 3.05) is 0 Å². The first-order chi connectivity index (χ1) is 13.5. The number of rotatable bonds is 6. The van der Waals surface area contributed by atoms with E-state index in [4.69, 9.17) is 25.1 Å². The second-order valence-corrected chi connectivity index (χ2v) is 5.96. The van der Waals surface area contributed by atoms with Gasteiger partial charge in [0, 0.05) is 16.3 Å². The number of fused-ring (bicyclic) bond motifs is 1. The summed E-state index contributed by atoms with van der Waals surface area (Å²) >= 11 is 0. The molecule has 1 heterocycles. The molecule has 0 fully saturated rings. The Labute approximate surface area is 160 Å². The summed E-state index contributed by atoms with van der Waals surface area (Å²) in [5.74, 6) is -1.25. The number of nitrogens with one attached hydrogen (secondary N) is 2. The molecule has 3 aromatic rings. The van der Waals surface area contributed by atoms with Gasteiger partial charge < -0.3 is 19.7 Å². The van der Waals surface area contributed by atoms with Crippen molar-refractivity contribution < 1.29 is 23.6 Å². The van der Waals surface area contributed by atoms with E-state index in [1.54, 1.807) is 37.3 Å². The Balaban J connectivity index is 1.74. The lowest BCUT2D eigenvalue weighted by Gasteiger charge is -2.16. The van der Waals surface area contributed by atoms with E-state index in [1.165, 1.54) is 18.6 Å². The topological polar surface area (TPSA) is 128 Å². The van der Waals surface area contributed by atoms with Crippen LogP contribution in [-0.4, -0.2) is 23.8 Å². The molecule has 3 rings (SSSR count). The van der Waals surface area contributed by atoms with E-state index in [-0.39, 0.29) is 17.0 Å². The number of nitrogens with two attached hydrogens (primary N) is 1. The van der Waals surface area contributed by atoms with Gasteiger partial charge in [0.25, 0.3) is 5.91 Å². The number of benzene rings is 2. The van der Waals surface area contributed by atoms with Crippen LogP contribution in [0.4, 0.5) is 0 Å². The maximum atomic E-state index is 12.6. The fraction of sp³-hybridized carbons (Fsp3) is 0.150. The van der Waals surface area contributed by atoms with Crippen molar-refractivity contribution in [2.24, 2.45) is 5.73 Å². The van der Waals surface area contributed by atoms with Gasteiger partial charge >= 0.3 is 5.97 Å². The third-order valence-corrected chi connectivity index (χ3v) is 4.08. The molecule has 4 N–H and O–H groups in total. The number of carbonyl (C=O) groups excluding carboxylic acids is 2. The molecule has 1 aromatic heterocycles. The number of carbonyl (C=O) groups is 2. The zero-order chi connectivity index (χ0) is 20.1. The Kier molecular flexibility index (Phi) is 5.59. The van der Waals surface area contributed by atoms with Crippen molar-refractivity contribution in [1.29, 1.82) is 5.41 Å². The van der Waals surface area contributed by atoms with Gasteiger partial charge in [-0.1, -0.05) is 31.2 Å². The molecule has 8 heteroatoms. The summed E-state index contributed by atoms with van der Waals surface area (Å²) in [4.78, 5) is 29.9. The summed E-state index contributed by atoms with van der Waals surface area (Å²) in [6.45, 7) is 1.76. The minimum absolute atomic E-state index is 0.0866. The number of nitrogen functional groups attached to an aromatic ring is 1. The molecule has 1 amide bonds. The Hall–Kier alpha value is -3.81. The Morgan fingerprint density at radius 1 is 1.18 bits per heavy atom. The van der Waals surface area contributed by atoms with Crippen LogP contribution in [0.25, 0.3) is 10.8 Å². The molecule has 2 aromatic carbocycles. The molecular formula is C20H19N3O5. The number of para-hydroxylation sites is 1. The average Bonchev–Trinajstić information content (AvgIpc) is 3.18. The largest absolute Gasteiger partial charge is 0.479 e. The summed E-state index contributed by atoms with van der Waals surface area (Å²) in [6, 6.07) is 12.0. The van der Waals surface area contributed by atoms with E-state index < -0.39 is 18.0 Å². The van der Waals surface area contributed by atoms with Crippen LogP contribution in [0.15, 0.2) is 59.4 Å². The lowest BCUT2D eigenvalue weighted by molar-refractivity contribution is -0.157. The van der Waals surface area contributed by atoms with Gasteiger partial charge in [0.15, 0.2) is 6.10 Å². The normalized spacial score (nSPS) is 11.6. The van der Waals surface area contributed by atoms with Crippen LogP contribution in [-0.2, 0) is 9.63 Å². The lowest BCUT2D eigenvalue weighted by Crippen LogP contribution is -2.36. The molecular weight excluding hydrogens is 362 g/mol. The second-order valence-electron chi connectivity index (χ2n) is 5.96. The third-order valence-electron chi connectivity index (χ3n) is 4.08. The Bertz CT molecular complexity index is 1010. The molecule has 0 aliphatic carbocycles. The first-order valence-electron chi connectivity index (χ1n) is 8.57. The predicted octanol–water partition coefficient (Wildman–Crippen LogP) is 2.76. The maximum Gasteiger partial charge on any atom is 0.372 e. The van der Waals surface area contributed by atoms with Gasteiger partial charge in [-0.2, -0.15) is 5.48 Å². The Morgan fingerprint density at radius 2 is 1.93 bits per heavy atom. The van der Waals surface area contributed by atoms with Crippen LogP contribution in [0.5, 0.6) is 5.75 Å². The first-order valence-corrected chi connectivity index (χ1v) is 8.57. The van der Waals surface area contributed by atoms with E-state index >= 15 is 0 Å². The molecule has 0 saturated carbocycles. The monoisotopic (exact) mass is 381 g/mol. The highest BCUT2D eigenvalue weighted by molar-refractivity contribution is 6.15. The Morgan fingerprint density at radius 3 is 2.61 bits per heavy atom. The third kappa shape index (κ3) is 3.96. The van der Waals surface area contributed by atoms with Gasteiger partial charge in [0.05, 0.1) is 18.1 Å². The number of hydroxylamine groups is 1. The zero-order valence-corrected chi connectivity index (χ0v) is 15.1. The molecule has 0 aliphatic rings. The molecule has 28 heavy (non-hydrogen) atoms. The van der Waals surface area contributed by atoms with Crippen LogP contribution in [0.2, 0.25) is 0 Å². The van der Waals surface area contributed by atoms with E-state index in [2.05, 4.69) is 5.48 Å². The quantitative estimate of drug-likeness (QED) is 0.342. The number of ether oxygens (including phenoxy) is 1. The number of hydrogen-bond acceptors (Lipinski definition) is 6. The number of amides is 1. The van der Waals surface area contributed by atoms with Gasteiger partial charge in [-0.05, 0) is 24.6 Å². The molecule has 0 radical (unpaired) electrons. The molecule has 1 atom stereocenters. The summed E-state index contributed by atoms with van der Waals surface area (Å²) in [6.07, 6.45) is 2.29. The molecule has 0 spiro atoms. The van der Waals surface area contributed by atoms with Crippen LogP contribution in [0.1, 0.15) is 29.3 Å². The van der Waals surface area contributed by atoms with E-state index in [9.17, 15) is 9.59 Å². The standard InChI is InChI=1S/C20H19N3O5/c1-2-16(27-13-6-4-3-5-7-13)20(25)28-23-19(24)17-14(18(21)22)9-8-12-10-26-11-15(12)17/h3-11,16H,2H2,1H3,(H3,21,22)(H,23,24). The minimum atomic E-state index is -0.889. The average molecular weight is 381 g/mol. The molecule has 0 saturated heterocycles. The highest BCUT2D eigenvalue weighted by Crippen LogP contribution is 2.23. The van der Waals surface area contributed by atoms with E-state index in [1.807, 2.05) is 6.07 Å². The van der Waals surface area contributed by atoms with E-state index in [0.717, 1.165) is 0 Å². The van der Waals surface area contributed by atoms with Crippen LogP contribution < -0.4 is 16.0 Å². The van der Waals surface area contributed by atoms with Crippen molar-refractivity contribution in [2.45, 2.75) is 19.4 Å². The van der Waals surface area contributed by atoms with Crippen molar-refractivity contribution in [3.8, 4) is 5.75 Å². The highest BCUT2D eigenvalue weighted by Gasteiger charge is 2.24. The minimum Gasteiger partial charge on any atom is -0.479 e. The summed E-state index contributed by atoms with van der Waals surface area (Å²) in [5.41, 5.74) is 7.97. The first kappa shape index (κ1) is 19.0. The summed E-state index contributed by atoms with van der Waals surface area (Å²) in [7, 11) is 0. The van der Waals surface area contributed by atoms with Gasteiger partial charge in [0.1, 0.15) is 11.6 Å². The maximum absolute atomic E-state index is 12.6. The molecule has 1 unspecified atom stereocenters. The van der Waals surface area contributed by atoms with Gasteiger partial charge in [-0.25, -0.2) is 4.79 Å². The van der Waals surface area contributed by atoms with Crippen LogP contribution in [0, 0.1) is 5.41 Å².